The molecular formula is C56H38N2. The van der Waals surface area contributed by atoms with E-state index in [1.54, 1.807) is 0 Å². The fraction of sp³-hybridized carbons (Fsp3) is 0.0536. The molecule has 0 amide bonds. The zero-order chi connectivity index (χ0) is 38.5. The molecule has 2 heteroatoms. The van der Waals surface area contributed by atoms with Gasteiger partial charge in [0.25, 0.3) is 0 Å². The average molecular weight is 739 g/mol. The Bertz CT molecular complexity index is 3390. The van der Waals surface area contributed by atoms with Gasteiger partial charge in [0, 0.05) is 39.0 Å². The molecule has 2 aromatic heterocycles. The van der Waals surface area contributed by atoms with Gasteiger partial charge in [-0.15, -0.1) is 0 Å². The van der Waals surface area contributed by atoms with Crippen molar-refractivity contribution in [3.63, 3.8) is 0 Å². The Morgan fingerprint density at radius 3 is 1.43 bits per heavy atom. The largest absolute Gasteiger partial charge is 0.309 e. The zero-order valence-electron chi connectivity index (χ0n) is 32.4. The van der Waals surface area contributed by atoms with Crippen molar-refractivity contribution in [3.05, 3.63) is 205 Å². The predicted octanol–water partition coefficient (Wildman–Crippen LogP) is 14.9. The highest BCUT2D eigenvalue weighted by atomic mass is 15.0. The first kappa shape index (κ1) is 32.9. The van der Waals surface area contributed by atoms with E-state index in [1.807, 2.05) is 0 Å². The van der Waals surface area contributed by atoms with Crippen molar-refractivity contribution in [1.82, 2.24) is 9.55 Å². The van der Waals surface area contributed by atoms with Crippen molar-refractivity contribution in [2.24, 2.45) is 0 Å². The van der Waals surface area contributed by atoms with Crippen molar-refractivity contribution in [2.45, 2.75) is 19.3 Å². The van der Waals surface area contributed by atoms with Gasteiger partial charge in [-0.25, -0.2) is 0 Å². The van der Waals surface area contributed by atoms with Crippen molar-refractivity contribution in [1.29, 1.82) is 0 Å². The van der Waals surface area contributed by atoms with Gasteiger partial charge in [0.15, 0.2) is 0 Å². The minimum atomic E-state index is -0.150. The summed E-state index contributed by atoms with van der Waals surface area (Å²) in [6.07, 6.45) is 2.06. The highest BCUT2D eigenvalue weighted by Crippen LogP contribution is 2.51. The summed E-state index contributed by atoms with van der Waals surface area (Å²) in [4.78, 5) is 5.00. The molecule has 0 unspecified atom stereocenters. The Kier molecular flexibility index (Phi) is 7.01. The van der Waals surface area contributed by atoms with E-state index in [2.05, 4.69) is 213 Å². The molecule has 0 atom stereocenters. The lowest BCUT2D eigenvalue weighted by Gasteiger charge is -2.23. The molecular weight excluding hydrogens is 701 g/mol. The van der Waals surface area contributed by atoms with Crippen LogP contribution in [0.25, 0.3) is 104 Å². The van der Waals surface area contributed by atoms with Crippen molar-refractivity contribution in [3.8, 4) is 50.3 Å². The monoisotopic (exact) mass is 738 g/mol. The number of aromatic nitrogens is 2. The number of pyridine rings is 1. The molecule has 0 aliphatic heterocycles. The van der Waals surface area contributed by atoms with Gasteiger partial charge in [-0.05, 0) is 114 Å². The standard InChI is InChI=1S/C56H38N2/c1-56(2)51-31-38(35-22-24-36(25-23-35)53-33-49-43-16-5-3-14-41(43)42-15-4-6-17-44(42)50(49)34-57-53)26-28-45(51)46-29-27-39(32-52(46)56)37-12-11-13-40(30-37)58-54-20-9-7-18-47(54)48-19-8-10-21-55(48)58/h3-34H,1-2H3. The van der Waals surface area contributed by atoms with Crippen LogP contribution in [0.1, 0.15) is 25.0 Å². The van der Waals surface area contributed by atoms with E-state index in [0.717, 1.165) is 11.3 Å². The number of para-hydroxylation sites is 2. The molecule has 0 saturated heterocycles. The van der Waals surface area contributed by atoms with Gasteiger partial charge < -0.3 is 4.57 Å². The number of benzene rings is 9. The summed E-state index contributed by atoms with van der Waals surface area (Å²) in [7, 11) is 0. The third kappa shape index (κ3) is 4.82. The van der Waals surface area contributed by atoms with E-state index in [0.29, 0.717) is 0 Å². The third-order valence-electron chi connectivity index (χ3n) is 12.8. The second-order valence-corrected chi connectivity index (χ2v) is 16.3. The van der Waals surface area contributed by atoms with Crippen LogP contribution in [0.2, 0.25) is 0 Å². The molecule has 9 aromatic carbocycles. The number of hydrogen-bond acceptors (Lipinski definition) is 1. The predicted molar refractivity (Wildman–Crippen MR) is 245 cm³/mol. The maximum atomic E-state index is 5.00. The van der Waals surface area contributed by atoms with Gasteiger partial charge in [-0.1, -0.05) is 159 Å². The summed E-state index contributed by atoms with van der Waals surface area (Å²) in [5.41, 5.74) is 15.9. The average Bonchev–Trinajstić information content (AvgIpc) is 3.74. The molecule has 12 rings (SSSR count). The number of nitrogens with zero attached hydrogens (tertiary/aromatic N) is 2. The molecule has 272 valence electrons. The van der Waals surface area contributed by atoms with Crippen LogP contribution < -0.4 is 0 Å². The fourth-order valence-corrected chi connectivity index (χ4v) is 9.91. The minimum Gasteiger partial charge on any atom is -0.309 e. The molecule has 2 nitrogen and oxygen atoms in total. The van der Waals surface area contributed by atoms with Crippen LogP contribution in [-0.4, -0.2) is 9.55 Å². The van der Waals surface area contributed by atoms with Crippen LogP contribution in [0.5, 0.6) is 0 Å². The lowest BCUT2D eigenvalue weighted by atomic mass is 9.81. The molecule has 1 aliphatic rings. The van der Waals surface area contributed by atoms with Crippen LogP contribution in [0.4, 0.5) is 0 Å². The van der Waals surface area contributed by atoms with Gasteiger partial charge >= 0.3 is 0 Å². The summed E-state index contributed by atoms with van der Waals surface area (Å²) in [5.74, 6) is 0. The van der Waals surface area contributed by atoms with Gasteiger partial charge in [-0.3, -0.25) is 4.98 Å². The number of hydrogen-bond donors (Lipinski definition) is 0. The van der Waals surface area contributed by atoms with Crippen LogP contribution in [0, 0.1) is 0 Å². The van der Waals surface area contributed by atoms with E-state index in [4.69, 9.17) is 4.98 Å². The normalized spacial score (nSPS) is 13.1. The summed E-state index contributed by atoms with van der Waals surface area (Å²) < 4.78 is 2.40. The first-order chi connectivity index (χ1) is 28.5. The molecule has 1 aliphatic carbocycles. The van der Waals surface area contributed by atoms with E-state index in [1.165, 1.54) is 104 Å². The molecule has 58 heavy (non-hydrogen) atoms. The molecule has 11 aromatic rings. The van der Waals surface area contributed by atoms with E-state index >= 15 is 0 Å². The van der Waals surface area contributed by atoms with Crippen LogP contribution in [0.3, 0.4) is 0 Å². The second kappa shape index (κ2) is 12.4. The Hall–Kier alpha value is -7.29. The summed E-state index contributed by atoms with van der Waals surface area (Å²) >= 11 is 0. The van der Waals surface area contributed by atoms with Crippen LogP contribution in [-0.2, 0) is 5.41 Å². The van der Waals surface area contributed by atoms with E-state index in [-0.39, 0.29) is 5.41 Å². The van der Waals surface area contributed by atoms with Gasteiger partial charge in [0.2, 0.25) is 0 Å². The molecule has 0 bridgehead atoms. The lowest BCUT2D eigenvalue weighted by Crippen LogP contribution is -2.15. The molecule has 2 heterocycles. The molecule has 0 N–H and O–H groups in total. The third-order valence-corrected chi connectivity index (χ3v) is 12.8. The molecule has 0 saturated carbocycles. The highest BCUT2D eigenvalue weighted by Gasteiger charge is 2.36. The lowest BCUT2D eigenvalue weighted by molar-refractivity contribution is 0.661. The van der Waals surface area contributed by atoms with Crippen LogP contribution >= 0.6 is 0 Å². The highest BCUT2D eigenvalue weighted by molar-refractivity contribution is 6.25. The Labute approximate surface area is 337 Å². The molecule has 0 spiro atoms. The van der Waals surface area contributed by atoms with Crippen molar-refractivity contribution < 1.29 is 0 Å². The Morgan fingerprint density at radius 2 is 0.828 bits per heavy atom. The van der Waals surface area contributed by atoms with Crippen LogP contribution in [0.15, 0.2) is 194 Å². The minimum absolute atomic E-state index is 0.150. The summed E-state index contributed by atoms with van der Waals surface area (Å²) in [6, 6.07) is 69.1. The van der Waals surface area contributed by atoms with Gasteiger partial charge in [0.05, 0.1) is 16.7 Å². The molecule has 0 radical (unpaired) electrons. The topological polar surface area (TPSA) is 17.8 Å². The van der Waals surface area contributed by atoms with Crippen molar-refractivity contribution >= 4 is 54.1 Å². The maximum absolute atomic E-state index is 5.00. The maximum Gasteiger partial charge on any atom is 0.0708 e. The van der Waals surface area contributed by atoms with Crippen molar-refractivity contribution in [2.75, 3.05) is 0 Å². The zero-order valence-corrected chi connectivity index (χ0v) is 32.4. The first-order valence-corrected chi connectivity index (χ1v) is 20.2. The van der Waals surface area contributed by atoms with Gasteiger partial charge in [0.1, 0.15) is 0 Å². The Balaban J connectivity index is 0.876. The quantitative estimate of drug-likeness (QED) is 0.164. The Morgan fingerprint density at radius 1 is 0.362 bits per heavy atom. The smallest absolute Gasteiger partial charge is 0.0708 e. The number of rotatable bonds is 4. The van der Waals surface area contributed by atoms with E-state index in [9.17, 15) is 0 Å². The SMILES string of the molecule is CC1(C)c2cc(-c3ccc(-c4cc5c6ccccc6c6ccccc6c5cn4)cc3)ccc2-c2ccc(-c3cccc(-n4c5ccccc5c5ccccc54)c3)cc21. The second-order valence-electron chi connectivity index (χ2n) is 16.3. The fourth-order valence-electron chi connectivity index (χ4n) is 9.91. The molecule has 0 fully saturated rings. The summed E-state index contributed by atoms with van der Waals surface area (Å²) in [6.45, 7) is 4.75. The van der Waals surface area contributed by atoms with Gasteiger partial charge in [-0.2, -0.15) is 0 Å². The number of fused-ring (bicyclic) bond motifs is 12. The van der Waals surface area contributed by atoms with E-state index < -0.39 is 0 Å². The summed E-state index contributed by atoms with van der Waals surface area (Å²) in [5, 5.41) is 10.0. The first-order valence-electron chi connectivity index (χ1n) is 20.2.